The lowest BCUT2D eigenvalue weighted by Gasteiger charge is -2.37. The van der Waals surface area contributed by atoms with Gasteiger partial charge in [-0.15, -0.1) is 0 Å². The third-order valence-electron chi connectivity index (χ3n) is 4.27. The molecule has 1 aromatic rings. The summed E-state index contributed by atoms with van der Waals surface area (Å²) in [6.07, 6.45) is 1.65. The maximum atomic E-state index is 12.3. The first kappa shape index (κ1) is 17.6. The summed E-state index contributed by atoms with van der Waals surface area (Å²) in [7, 11) is 0. The van der Waals surface area contributed by atoms with Gasteiger partial charge in [-0.2, -0.15) is 0 Å². The zero-order valence-electron chi connectivity index (χ0n) is 14.3. The Bertz CT molecular complexity index is 539. The van der Waals surface area contributed by atoms with Gasteiger partial charge >= 0.3 is 6.09 Å². The van der Waals surface area contributed by atoms with Crippen LogP contribution in [0.1, 0.15) is 45.1 Å². The number of aromatic hydroxyl groups is 1. The largest absolute Gasteiger partial charge is 0.508 e. The fourth-order valence-electron chi connectivity index (χ4n) is 3.21. The molecule has 0 aromatic heterocycles. The highest BCUT2D eigenvalue weighted by Crippen LogP contribution is 2.35. The van der Waals surface area contributed by atoms with Crippen LogP contribution in [0.15, 0.2) is 24.3 Å². The van der Waals surface area contributed by atoms with Gasteiger partial charge in [-0.1, -0.05) is 18.2 Å². The number of phenols is 1. The van der Waals surface area contributed by atoms with E-state index in [0.29, 0.717) is 19.6 Å². The van der Waals surface area contributed by atoms with Crippen LogP contribution < -0.4 is 5.73 Å². The van der Waals surface area contributed by atoms with E-state index in [1.807, 2.05) is 32.9 Å². The first-order chi connectivity index (χ1) is 10.8. The smallest absolute Gasteiger partial charge is 0.410 e. The molecule has 5 heteroatoms. The highest BCUT2D eigenvalue weighted by molar-refractivity contribution is 5.68. The van der Waals surface area contributed by atoms with E-state index in [0.717, 1.165) is 18.4 Å². The van der Waals surface area contributed by atoms with Crippen molar-refractivity contribution in [2.45, 2.75) is 45.1 Å². The third-order valence-corrected chi connectivity index (χ3v) is 4.27. The minimum absolute atomic E-state index is 0.0430. The average molecular weight is 320 g/mol. The minimum Gasteiger partial charge on any atom is -0.508 e. The van der Waals surface area contributed by atoms with Gasteiger partial charge in [0.25, 0.3) is 0 Å². The summed E-state index contributed by atoms with van der Waals surface area (Å²) >= 11 is 0. The third kappa shape index (κ3) is 4.61. The number of ether oxygens (including phenoxy) is 1. The molecule has 2 unspecified atom stereocenters. The molecule has 0 spiro atoms. The Kier molecular flexibility index (Phi) is 5.52. The quantitative estimate of drug-likeness (QED) is 0.897. The summed E-state index contributed by atoms with van der Waals surface area (Å²) in [6, 6.07) is 7.32. The van der Waals surface area contributed by atoms with Crippen molar-refractivity contribution in [3.05, 3.63) is 29.8 Å². The Morgan fingerprint density at radius 1 is 1.43 bits per heavy atom. The van der Waals surface area contributed by atoms with Gasteiger partial charge in [-0.25, -0.2) is 4.79 Å². The van der Waals surface area contributed by atoms with Crippen molar-refractivity contribution in [2.75, 3.05) is 19.6 Å². The molecule has 2 atom stereocenters. The summed E-state index contributed by atoms with van der Waals surface area (Å²) in [4.78, 5) is 14.1. The number of benzene rings is 1. The Morgan fingerprint density at radius 3 is 2.74 bits per heavy atom. The molecule has 0 radical (unpaired) electrons. The van der Waals surface area contributed by atoms with E-state index in [1.54, 1.807) is 17.0 Å². The van der Waals surface area contributed by atoms with Gasteiger partial charge in [-0.05, 0) is 57.7 Å². The van der Waals surface area contributed by atoms with Gasteiger partial charge in [0, 0.05) is 19.0 Å². The van der Waals surface area contributed by atoms with E-state index in [4.69, 9.17) is 10.5 Å². The molecular weight excluding hydrogens is 292 g/mol. The number of nitrogens with two attached hydrogens (primary N) is 1. The van der Waals surface area contributed by atoms with Gasteiger partial charge in [0.1, 0.15) is 11.4 Å². The zero-order valence-corrected chi connectivity index (χ0v) is 14.3. The number of carbonyl (C=O) groups is 1. The molecule has 0 bridgehead atoms. The van der Waals surface area contributed by atoms with E-state index in [2.05, 4.69) is 0 Å². The molecule has 1 saturated heterocycles. The summed E-state index contributed by atoms with van der Waals surface area (Å²) < 4.78 is 5.47. The highest BCUT2D eigenvalue weighted by atomic mass is 16.6. The van der Waals surface area contributed by atoms with Crippen molar-refractivity contribution < 1.29 is 14.6 Å². The fraction of sp³-hybridized carbons (Fsp3) is 0.611. The van der Waals surface area contributed by atoms with Crippen molar-refractivity contribution >= 4 is 6.09 Å². The van der Waals surface area contributed by atoms with Crippen LogP contribution in [0.3, 0.4) is 0 Å². The molecule has 1 aromatic carbocycles. The molecule has 2 rings (SSSR count). The number of piperidine rings is 1. The summed E-state index contributed by atoms with van der Waals surface area (Å²) in [5.41, 5.74) is 6.36. The maximum absolute atomic E-state index is 12.3. The van der Waals surface area contributed by atoms with Gasteiger partial charge in [0.05, 0.1) is 0 Å². The monoisotopic (exact) mass is 320 g/mol. The maximum Gasteiger partial charge on any atom is 0.410 e. The Morgan fingerprint density at radius 2 is 2.13 bits per heavy atom. The average Bonchev–Trinajstić information content (AvgIpc) is 2.48. The predicted octanol–water partition coefficient (Wildman–Crippen LogP) is 3.08. The molecule has 1 amide bonds. The standard InChI is InChI=1S/C18H28N2O3/c1-18(2,3)23-17(22)20-10-6-7-13(12-20)15(11-19)14-8-4-5-9-16(14)21/h4-5,8-9,13,15,21H,6-7,10-12,19H2,1-3H3. The van der Waals surface area contributed by atoms with Crippen LogP contribution in [0.5, 0.6) is 5.75 Å². The Hall–Kier alpha value is -1.75. The molecule has 5 nitrogen and oxygen atoms in total. The molecule has 1 fully saturated rings. The topological polar surface area (TPSA) is 75.8 Å². The van der Waals surface area contributed by atoms with Gasteiger partial charge in [-0.3, -0.25) is 0 Å². The van der Waals surface area contributed by atoms with Crippen molar-refractivity contribution in [3.63, 3.8) is 0 Å². The number of phenolic OH excluding ortho intramolecular Hbond substituents is 1. The number of carbonyl (C=O) groups excluding carboxylic acids is 1. The highest BCUT2D eigenvalue weighted by Gasteiger charge is 2.32. The van der Waals surface area contributed by atoms with Crippen molar-refractivity contribution in [3.8, 4) is 5.75 Å². The minimum atomic E-state index is -0.491. The van der Waals surface area contributed by atoms with Crippen LogP contribution >= 0.6 is 0 Å². The molecule has 128 valence electrons. The van der Waals surface area contributed by atoms with Crippen molar-refractivity contribution in [1.29, 1.82) is 0 Å². The summed E-state index contributed by atoms with van der Waals surface area (Å²) in [5.74, 6) is 0.549. The fourth-order valence-corrected chi connectivity index (χ4v) is 3.21. The van der Waals surface area contributed by atoms with Crippen LogP contribution in [0, 0.1) is 5.92 Å². The van der Waals surface area contributed by atoms with Crippen LogP contribution in [0.25, 0.3) is 0 Å². The number of hydrogen-bond acceptors (Lipinski definition) is 4. The van der Waals surface area contributed by atoms with Gasteiger partial charge in [0.2, 0.25) is 0 Å². The lowest BCUT2D eigenvalue weighted by atomic mass is 9.80. The Labute approximate surface area is 138 Å². The second kappa shape index (κ2) is 7.21. The molecule has 3 N–H and O–H groups in total. The summed E-state index contributed by atoms with van der Waals surface area (Å²) in [5, 5.41) is 10.1. The van der Waals surface area contributed by atoms with E-state index < -0.39 is 5.60 Å². The van der Waals surface area contributed by atoms with Crippen LogP contribution in [0.2, 0.25) is 0 Å². The molecule has 0 saturated carbocycles. The molecule has 23 heavy (non-hydrogen) atoms. The number of hydrogen-bond donors (Lipinski definition) is 2. The number of amides is 1. The first-order valence-corrected chi connectivity index (χ1v) is 8.27. The van der Waals surface area contributed by atoms with Gasteiger partial charge in [0.15, 0.2) is 0 Å². The number of nitrogens with zero attached hydrogens (tertiary/aromatic N) is 1. The van der Waals surface area contributed by atoms with Crippen molar-refractivity contribution in [2.24, 2.45) is 11.7 Å². The SMILES string of the molecule is CC(C)(C)OC(=O)N1CCCC(C(CN)c2ccccc2O)C1. The van der Waals surface area contributed by atoms with E-state index in [-0.39, 0.29) is 23.7 Å². The number of likely N-dealkylation sites (tertiary alicyclic amines) is 1. The molecular formula is C18H28N2O3. The molecule has 1 aliphatic rings. The van der Waals surface area contributed by atoms with E-state index in [1.165, 1.54) is 0 Å². The lowest BCUT2D eigenvalue weighted by molar-refractivity contribution is 0.0152. The predicted molar refractivity (Wildman–Crippen MR) is 90.4 cm³/mol. The molecule has 0 aliphatic carbocycles. The summed E-state index contributed by atoms with van der Waals surface area (Å²) in [6.45, 7) is 7.39. The molecule has 1 heterocycles. The van der Waals surface area contributed by atoms with Crippen LogP contribution in [-0.4, -0.2) is 41.3 Å². The van der Waals surface area contributed by atoms with Gasteiger partial charge < -0.3 is 20.5 Å². The normalized spacial score (nSPS) is 20.2. The zero-order chi connectivity index (χ0) is 17.0. The molecule has 1 aliphatic heterocycles. The van der Waals surface area contributed by atoms with E-state index in [9.17, 15) is 9.90 Å². The van der Waals surface area contributed by atoms with E-state index >= 15 is 0 Å². The van der Waals surface area contributed by atoms with Crippen LogP contribution in [0.4, 0.5) is 4.79 Å². The second-order valence-corrected chi connectivity index (χ2v) is 7.23. The first-order valence-electron chi connectivity index (χ1n) is 8.27. The van der Waals surface area contributed by atoms with Crippen LogP contribution in [-0.2, 0) is 4.74 Å². The lowest BCUT2D eigenvalue weighted by Crippen LogP contribution is -2.45. The number of para-hydroxylation sites is 1. The second-order valence-electron chi connectivity index (χ2n) is 7.23. The van der Waals surface area contributed by atoms with Crippen molar-refractivity contribution in [1.82, 2.24) is 4.90 Å². The number of rotatable bonds is 3. The Balaban J connectivity index is 2.10.